The number of nitrogens with two attached hydrogens (primary N) is 1. The van der Waals surface area contributed by atoms with Crippen LogP contribution in [0.2, 0.25) is 10.0 Å². The molecule has 1 aromatic carbocycles. The highest BCUT2D eigenvalue weighted by Crippen LogP contribution is 2.36. The summed E-state index contributed by atoms with van der Waals surface area (Å²) in [5.41, 5.74) is 8.63. The van der Waals surface area contributed by atoms with Crippen LogP contribution in [0.15, 0.2) is 42.9 Å². The summed E-state index contributed by atoms with van der Waals surface area (Å²) in [5, 5.41) is 9.02. The van der Waals surface area contributed by atoms with Crippen LogP contribution in [0.5, 0.6) is 5.75 Å². The normalized spacial score (nSPS) is 15.9. The van der Waals surface area contributed by atoms with Gasteiger partial charge in [0.15, 0.2) is 11.6 Å². The number of pyridine rings is 2. The Morgan fingerprint density at radius 2 is 1.83 bits per heavy atom. The third-order valence-corrected chi connectivity index (χ3v) is 7.26. The van der Waals surface area contributed by atoms with Crippen molar-refractivity contribution >= 4 is 39.9 Å². The van der Waals surface area contributed by atoms with Crippen LogP contribution < -0.4 is 15.4 Å². The van der Waals surface area contributed by atoms with Crippen molar-refractivity contribution in [3.8, 4) is 17.0 Å². The van der Waals surface area contributed by atoms with Gasteiger partial charge in [-0.15, -0.1) is 0 Å². The lowest BCUT2D eigenvalue weighted by molar-refractivity contribution is 0.227. The van der Waals surface area contributed by atoms with Crippen LogP contribution in [0, 0.1) is 11.7 Å². The molecule has 7 nitrogen and oxygen atoms in total. The van der Waals surface area contributed by atoms with E-state index in [1.807, 2.05) is 30.0 Å². The van der Waals surface area contributed by atoms with Gasteiger partial charge in [0.1, 0.15) is 17.5 Å². The van der Waals surface area contributed by atoms with Gasteiger partial charge in [0.2, 0.25) is 0 Å². The minimum Gasteiger partial charge on any atom is -0.486 e. The molecule has 35 heavy (non-hydrogen) atoms. The Morgan fingerprint density at radius 1 is 1.11 bits per heavy atom. The first-order valence-corrected chi connectivity index (χ1v) is 12.1. The summed E-state index contributed by atoms with van der Waals surface area (Å²) >= 11 is 12.5. The maximum atomic E-state index is 15.0. The quantitative estimate of drug-likeness (QED) is 0.338. The maximum Gasteiger partial charge on any atom is 0.166 e. The number of fused-ring (bicyclic) bond motifs is 1. The SMILES string of the molecule is CC(C)C1(N)CN(c2ncc(-c3n[nH]c4ccc(O[C@H](C)c5c(Cl)cncc5Cl)cc34)cc2F)C1. The fourth-order valence-electron chi connectivity index (χ4n) is 4.33. The Balaban J connectivity index is 1.41. The van der Waals surface area contributed by atoms with Gasteiger partial charge in [-0.2, -0.15) is 5.10 Å². The van der Waals surface area contributed by atoms with Crippen LogP contribution in [0.3, 0.4) is 0 Å². The molecule has 3 N–H and O–H groups in total. The smallest absolute Gasteiger partial charge is 0.166 e. The lowest BCUT2D eigenvalue weighted by Crippen LogP contribution is -2.70. The van der Waals surface area contributed by atoms with Crippen LogP contribution in [0.4, 0.5) is 10.2 Å². The van der Waals surface area contributed by atoms with Crippen molar-refractivity contribution in [1.29, 1.82) is 0 Å². The van der Waals surface area contributed by atoms with Crippen molar-refractivity contribution in [2.24, 2.45) is 11.7 Å². The third kappa shape index (κ3) is 4.30. The predicted octanol–water partition coefficient (Wildman–Crippen LogP) is 5.78. The molecule has 1 aliphatic heterocycles. The number of hydrogen-bond donors (Lipinski definition) is 2. The molecule has 4 aromatic rings. The summed E-state index contributed by atoms with van der Waals surface area (Å²) in [7, 11) is 0. The molecule has 1 fully saturated rings. The summed E-state index contributed by atoms with van der Waals surface area (Å²) < 4.78 is 21.2. The fraction of sp³-hybridized carbons (Fsp3) is 0.320. The molecule has 4 heterocycles. The zero-order valence-electron chi connectivity index (χ0n) is 19.5. The fourth-order valence-corrected chi connectivity index (χ4v) is 5.00. The highest BCUT2D eigenvalue weighted by atomic mass is 35.5. The Kier molecular flexibility index (Phi) is 6.07. The predicted molar refractivity (Wildman–Crippen MR) is 137 cm³/mol. The van der Waals surface area contributed by atoms with Crippen molar-refractivity contribution in [2.75, 3.05) is 18.0 Å². The average Bonchev–Trinajstić information content (AvgIpc) is 3.20. The van der Waals surface area contributed by atoms with Gasteiger partial charge in [0.05, 0.1) is 21.1 Å². The van der Waals surface area contributed by atoms with Crippen molar-refractivity contribution in [2.45, 2.75) is 32.4 Å². The van der Waals surface area contributed by atoms with E-state index in [9.17, 15) is 0 Å². The Bertz CT molecular complexity index is 1380. The number of benzene rings is 1. The second-order valence-corrected chi connectivity index (χ2v) is 10.1. The van der Waals surface area contributed by atoms with Crippen molar-refractivity contribution < 1.29 is 9.13 Å². The van der Waals surface area contributed by atoms with Gasteiger partial charge in [-0.05, 0) is 37.1 Å². The lowest BCUT2D eigenvalue weighted by Gasteiger charge is -2.51. The second kappa shape index (κ2) is 8.93. The van der Waals surface area contributed by atoms with E-state index < -0.39 is 11.9 Å². The van der Waals surface area contributed by atoms with Gasteiger partial charge in [-0.3, -0.25) is 10.1 Å². The third-order valence-electron chi connectivity index (χ3n) is 6.66. The Morgan fingerprint density at radius 3 is 2.49 bits per heavy atom. The molecular weight excluding hydrogens is 490 g/mol. The van der Waals surface area contributed by atoms with Crippen LogP contribution >= 0.6 is 23.2 Å². The Hall–Kier alpha value is -2.94. The highest BCUT2D eigenvalue weighted by molar-refractivity contribution is 6.35. The van der Waals surface area contributed by atoms with Crippen LogP contribution in [-0.2, 0) is 0 Å². The number of nitrogens with zero attached hydrogens (tertiary/aromatic N) is 4. The van der Waals surface area contributed by atoms with E-state index in [0.717, 1.165) is 10.9 Å². The summed E-state index contributed by atoms with van der Waals surface area (Å²) in [4.78, 5) is 10.2. The van der Waals surface area contributed by atoms with E-state index in [4.69, 9.17) is 33.7 Å². The van der Waals surface area contributed by atoms with Crippen molar-refractivity contribution in [1.82, 2.24) is 20.2 Å². The molecule has 0 amide bonds. The number of rotatable bonds is 6. The molecular formula is C25H25Cl2FN6O. The van der Waals surface area contributed by atoms with E-state index in [1.165, 1.54) is 18.5 Å². The van der Waals surface area contributed by atoms with Gasteiger partial charge in [-0.25, -0.2) is 9.37 Å². The van der Waals surface area contributed by atoms with Gasteiger partial charge >= 0.3 is 0 Å². The monoisotopic (exact) mass is 514 g/mol. The molecule has 0 bridgehead atoms. The number of halogens is 3. The summed E-state index contributed by atoms with van der Waals surface area (Å²) in [6, 6.07) is 6.98. The number of nitrogens with one attached hydrogen (secondary N) is 1. The van der Waals surface area contributed by atoms with Crippen molar-refractivity contribution in [3.63, 3.8) is 0 Å². The largest absolute Gasteiger partial charge is 0.486 e. The number of aromatic amines is 1. The first-order valence-electron chi connectivity index (χ1n) is 11.3. The van der Waals surface area contributed by atoms with E-state index in [0.29, 0.717) is 57.4 Å². The summed E-state index contributed by atoms with van der Waals surface area (Å²) in [6.45, 7) is 7.15. The Labute approximate surface area is 212 Å². The number of anilines is 1. The van der Waals surface area contributed by atoms with E-state index in [2.05, 4.69) is 34.0 Å². The topological polar surface area (TPSA) is 93.0 Å². The molecule has 10 heteroatoms. The first-order chi connectivity index (χ1) is 16.7. The number of aromatic nitrogens is 4. The molecule has 182 valence electrons. The molecule has 0 spiro atoms. The van der Waals surface area contributed by atoms with E-state index >= 15 is 4.39 Å². The maximum absolute atomic E-state index is 15.0. The first kappa shape index (κ1) is 23.8. The van der Waals surface area contributed by atoms with Gasteiger partial charge in [0.25, 0.3) is 0 Å². The summed E-state index contributed by atoms with van der Waals surface area (Å²) in [5.74, 6) is 0.795. The number of H-pyrrole nitrogens is 1. The van der Waals surface area contributed by atoms with Gasteiger partial charge in [0, 0.05) is 48.2 Å². The second-order valence-electron chi connectivity index (χ2n) is 9.33. The standard InChI is InChI=1S/C25H25Cl2FN6O/c1-13(2)25(29)11-34(12-25)24-20(28)6-15(8-31-24)23-17-7-16(4-5-21(17)32-33-23)35-14(3)22-18(26)9-30-10-19(22)27/h4-10,13-14H,11-12,29H2,1-3H3,(H,32,33)/t14-/m1/s1. The molecule has 1 atom stereocenters. The van der Waals surface area contributed by atoms with Crippen molar-refractivity contribution in [3.05, 3.63) is 64.3 Å². The van der Waals surface area contributed by atoms with Gasteiger partial charge in [-0.1, -0.05) is 37.0 Å². The zero-order valence-corrected chi connectivity index (χ0v) is 21.0. The molecule has 1 saturated heterocycles. The molecule has 0 saturated carbocycles. The highest BCUT2D eigenvalue weighted by Gasteiger charge is 2.43. The van der Waals surface area contributed by atoms with E-state index in [1.54, 1.807) is 6.20 Å². The molecule has 1 aliphatic rings. The van der Waals surface area contributed by atoms with Crippen LogP contribution in [0.1, 0.15) is 32.4 Å². The minimum absolute atomic E-state index is 0.305. The average molecular weight is 515 g/mol. The van der Waals surface area contributed by atoms with Crippen LogP contribution in [-0.4, -0.2) is 38.8 Å². The zero-order chi connectivity index (χ0) is 24.9. The summed E-state index contributed by atoms with van der Waals surface area (Å²) in [6.07, 6.45) is 4.27. The van der Waals surface area contributed by atoms with Crippen LogP contribution in [0.25, 0.3) is 22.2 Å². The number of hydrogen-bond acceptors (Lipinski definition) is 6. The lowest BCUT2D eigenvalue weighted by atomic mass is 9.80. The minimum atomic E-state index is -0.416. The molecule has 0 radical (unpaired) electrons. The molecule has 0 unspecified atom stereocenters. The molecule has 0 aliphatic carbocycles. The molecule has 5 rings (SSSR count). The van der Waals surface area contributed by atoms with E-state index in [-0.39, 0.29) is 5.54 Å². The number of ether oxygens (including phenoxy) is 1. The molecule has 3 aromatic heterocycles. The van der Waals surface area contributed by atoms with Gasteiger partial charge < -0.3 is 15.4 Å².